The number of fused-ring (bicyclic) bond motifs is 4. The molecule has 3 saturated heterocycles. The maximum absolute atomic E-state index is 4.95. The van der Waals surface area contributed by atoms with E-state index in [9.17, 15) is 0 Å². The van der Waals surface area contributed by atoms with Crippen molar-refractivity contribution in [3.8, 4) is 0 Å². The number of rotatable bonds is 2. The van der Waals surface area contributed by atoms with Crippen molar-refractivity contribution >= 4 is 5.71 Å². The molecule has 5 heterocycles. The molecule has 0 saturated carbocycles. The molecule has 1 unspecified atom stereocenters. The summed E-state index contributed by atoms with van der Waals surface area (Å²) in [6, 6.07) is 8.86. The quantitative estimate of drug-likeness (QED) is 0.836. The van der Waals surface area contributed by atoms with E-state index in [1.54, 1.807) is 0 Å². The smallest absolute Gasteiger partial charge is 0.0880 e. The summed E-state index contributed by atoms with van der Waals surface area (Å²) in [4.78, 5) is 10.3. The average Bonchev–Trinajstić information content (AvgIpc) is 3.11. The van der Waals surface area contributed by atoms with Crippen molar-refractivity contribution in [3.05, 3.63) is 47.2 Å². The summed E-state index contributed by atoms with van der Waals surface area (Å²) in [6.07, 6.45) is 9.49. The van der Waals surface area contributed by atoms with Crippen LogP contribution in [0.2, 0.25) is 0 Å². The van der Waals surface area contributed by atoms with Gasteiger partial charge in [0.15, 0.2) is 0 Å². The topological polar surface area (TPSA) is 18.8 Å². The lowest BCUT2D eigenvalue weighted by Gasteiger charge is -2.50. The van der Waals surface area contributed by atoms with E-state index in [0.29, 0.717) is 6.17 Å². The Kier molecular flexibility index (Phi) is 3.29. The fourth-order valence-electron chi connectivity index (χ4n) is 4.94. The van der Waals surface area contributed by atoms with E-state index < -0.39 is 0 Å². The molecule has 0 aliphatic carbocycles. The molecule has 0 radical (unpaired) electrons. The Morgan fingerprint density at radius 2 is 1.91 bits per heavy atom. The van der Waals surface area contributed by atoms with Gasteiger partial charge in [-0.2, -0.15) is 0 Å². The fraction of sp³-hybridized carbons (Fsp3) is 0.550. The average molecular weight is 307 g/mol. The van der Waals surface area contributed by atoms with Crippen LogP contribution >= 0.6 is 0 Å². The van der Waals surface area contributed by atoms with E-state index in [0.717, 1.165) is 18.9 Å². The minimum atomic E-state index is 0.619. The van der Waals surface area contributed by atoms with Gasteiger partial charge in [-0.15, -0.1) is 0 Å². The molecule has 0 aromatic heterocycles. The van der Waals surface area contributed by atoms with Crippen LogP contribution in [0.4, 0.5) is 0 Å². The van der Waals surface area contributed by atoms with E-state index >= 15 is 0 Å². The standard InChI is InChI=1S/C20H25N3/c1-2-5-17-16(4-1)7-10-21-20(17)18-6-3-11-23(18)19-14-15-8-12-22(19)13-9-15/h1-2,4-6,15,19H,3,7-14H2. The highest BCUT2D eigenvalue weighted by atomic mass is 15.4. The van der Waals surface area contributed by atoms with Gasteiger partial charge in [-0.05, 0) is 43.6 Å². The largest absolute Gasteiger partial charge is 0.354 e. The molecule has 1 aromatic carbocycles. The number of hydrogen-bond acceptors (Lipinski definition) is 3. The maximum atomic E-state index is 4.95. The van der Waals surface area contributed by atoms with Gasteiger partial charge in [0.1, 0.15) is 0 Å². The second-order valence-corrected chi connectivity index (χ2v) is 7.40. The van der Waals surface area contributed by atoms with Crippen LogP contribution in [-0.2, 0) is 6.42 Å². The third kappa shape index (κ3) is 2.25. The maximum Gasteiger partial charge on any atom is 0.0880 e. The lowest BCUT2D eigenvalue weighted by molar-refractivity contribution is -0.0224. The molecule has 0 N–H and O–H groups in total. The molecule has 3 heteroatoms. The highest BCUT2D eigenvalue weighted by Crippen LogP contribution is 2.37. The Morgan fingerprint density at radius 3 is 2.74 bits per heavy atom. The van der Waals surface area contributed by atoms with Crippen molar-refractivity contribution in [1.82, 2.24) is 9.80 Å². The zero-order valence-electron chi connectivity index (χ0n) is 13.7. The normalized spacial score (nSPS) is 32.5. The second-order valence-electron chi connectivity index (χ2n) is 7.40. The van der Waals surface area contributed by atoms with Gasteiger partial charge >= 0.3 is 0 Å². The summed E-state index contributed by atoms with van der Waals surface area (Å²) in [7, 11) is 0. The first-order chi connectivity index (χ1) is 11.4. The van der Waals surface area contributed by atoms with E-state index in [1.165, 1.54) is 67.9 Å². The van der Waals surface area contributed by atoms with Gasteiger partial charge < -0.3 is 4.90 Å². The minimum absolute atomic E-state index is 0.619. The van der Waals surface area contributed by atoms with E-state index in [2.05, 4.69) is 40.1 Å². The molecular formula is C20H25N3. The zero-order chi connectivity index (χ0) is 15.2. The summed E-state index contributed by atoms with van der Waals surface area (Å²) < 4.78 is 0. The van der Waals surface area contributed by atoms with Gasteiger partial charge in [-0.1, -0.05) is 30.3 Å². The van der Waals surface area contributed by atoms with Gasteiger partial charge in [0.2, 0.25) is 0 Å². The third-order valence-electron chi connectivity index (χ3n) is 6.16. The van der Waals surface area contributed by atoms with Gasteiger partial charge in [-0.3, -0.25) is 9.89 Å². The van der Waals surface area contributed by atoms with E-state index in [4.69, 9.17) is 4.99 Å². The Hall–Kier alpha value is -1.61. The predicted octanol–water partition coefficient (Wildman–Crippen LogP) is 3.06. The lowest BCUT2D eigenvalue weighted by Crippen LogP contribution is -2.56. The molecule has 0 amide bonds. The van der Waals surface area contributed by atoms with Crippen LogP contribution in [0.5, 0.6) is 0 Å². The van der Waals surface area contributed by atoms with Gasteiger partial charge in [0.05, 0.1) is 17.6 Å². The number of benzene rings is 1. The van der Waals surface area contributed by atoms with Crippen LogP contribution in [0.25, 0.3) is 0 Å². The molecule has 2 bridgehead atoms. The zero-order valence-corrected chi connectivity index (χ0v) is 13.7. The monoisotopic (exact) mass is 307 g/mol. The van der Waals surface area contributed by atoms with Crippen LogP contribution in [0.15, 0.2) is 41.0 Å². The van der Waals surface area contributed by atoms with Crippen molar-refractivity contribution in [1.29, 1.82) is 0 Å². The van der Waals surface area contributed by atoms with Crippen LogP contribution in [0.1, 0.15) is 36.8 Å². The van der Waals surface area contributed by atoms with Crippen molar-refractivity contribution in [2.75, 3.05) is 26.2 Å². The minimum Gasteiger partial charge on any atom is -0.354 e. The predicted molar refractivity (Wildman–Crippen MR) is 93.7 cm³/mol. The van der Waals surface area contributed by atoms with E-state index in [-0.39, 0.29) is 0 Å². The Morgan fingerprint density at radius 1 is 1.04 bits per heavy atom. The molecule has 5 aliphatic rings. The van der Waals surface area contributed by atoms with Gasteiger partial charge in [-0.25, -0.2) is 0 Å². The molecule has 3 fully saturated rings. The molecule has 5 aliphatic heterocycles. The Labute approximate surface area is 138 Å². The van der Waals surface area contributed by atoms with Crippen molar-refractivity contribution < 1.29 is 0 Å². The molecule has 6 rings (SSSR count). The van der Waals surface area contributed by atoms with Gasteiger partial charge in [0.25, 0.3) is 0 Å². The highest BCUT2D eigenvalue weighted by Gasteiger charge is 2.39. The Balaban J connectivity index is 1.47. The fourth-order valence-corrected chi connectivity index (χ4v) is 4.94. The van der Waals surface area contributed by atoms with Crippen molar-refractivity contribution in [2.24, 2.45) is 10.9 Å². The summed E-state index contributed by atoms with van der Waals surface area (Å²) in [5, 5.41) is 0. The first kappa shape index (κ1) is 13.8. The van der Waals surface area contributed by atoms with Crippen LogP contribution in [-0.4, -0.2) is 47.9 Å². The van der Waals surface area contributed by atoms with Crippen LogP contribution in [0.3, 0.4) is 0 Å². The molecule has 23 heavy (non-hydrogen) atoms. The number of allylic oxidation sites excluding steroid dienone is 1. The molecule has 0 spiro atoms. The molecule has 1 atom stereocenters. The third-order valence-corrected chi connectivity index (χ3v) is 6.16. The number of nitrogens with zero attached hydrogens (tertiary/aromatic N) is 3. The number of piperidine rings is 3. The molecule has 3 nitrogen and oxygen atoms in total. The second kappa shape index (κ2) is 5.48. The molecular weight excluding hydrogens is 282 g/mol. The Bertz CT molecular complexity index is 667. The summed E-state index contributed by atoms with van der Waals surface area (Å²) in [6.45, 7) is 4.70. The van der Waals surface area contributed by atoms with Crippen molar-refractivity contribution in [2.45, 2.75) is 38.3 Å². The number of hydrogen-bond donors (Lipinski definition) is 0. The first-order valence-electron chi connectivity index (χ1n) is 9.24. The molecule has 120 valence electrons. The van der Waals surface area contributed by atoms with Gasteiger partial charge in [0, 0.05) is 31.7 Å². The summed E-state index contributed by atoms with van der Waals surface area (Å²) in [5.74, 6) is 0.951. The summed E-state index contributed by atoms with van der Waals surface area (Å²) >= 11 is 0. The first-order valence-corrected chi connectivity index (χ1v) is 9.24. The van der Waals surface area contributed by atoms with Crippen LogP contribution in [0, 0.1) is 5.92 Å². The van der Waals surface area contributed by atoms with Crippen LogP contribution < -0.4 is 0 Å². The lowest BCUT2D eigenvalue weighted by atomic mass is 9.85. The highest BCUT2D eigenvalue weighted by molar-refractivity contribution is 6.13. The van der Waals surface area contributed by atoms with E-state index in [1.807, 2.05) is 0 Å². The SMILES string of the molecule is C1=C(C2=NCCc3ccccc32)N(C2CC3CCN2CC3)CC1. The number of aliphatic imine (C=N–C) groups is 1. The summed E-state index contributed by atoms with van der Waals surface area (Å²) in [5.41, 5.74) is 5.50. The van der Waals surface area contributed by atoms with Crippen molar-refractivity contribution in [3.63, 3.8) is 0 Å². The molecule has 1 aromatic rings.